The van der Waals surface area contributed by atoms with Gasteiger partial charge in [-0.3, -0.25) is 19.9 Å². The number of halogens is 3. The molecule has 2 unspecified atom stereocenters. The summed E-state index contributed by atoms with van der Waals surface area (Å²) in [6, 6.07) is 2.03. The van der Waals surface area contributed by atoms with Crippen LogP contribution >= 0.6 is 0 Å². The average molecular weight is 440 g/mol. The Bertz CT molecular complexity index is 807. The number of hydrogen-bond donors (Lipinski definition) is 4. The topological polar surface area (TPSA) is 135 Å². The van der Waals surface area contributed by atoms with Crippen molar-refractivity contribution in [2.45, 2.75) is 50.2 Å². The van der Waals surface area contributed by atoms with Gasteiger partial charge in [-0.25, -0.2) is 0 Å². The molecule has 0 aromatic carbocycles. The Hall–Kier alpha value is -2.61. The summed E-state index contributed by atoms with van der Waals surface area (Å²) in [5.74, 6) is -0.847. The minimum absolute atomic E-state index is 0.0141. The molecule has 2 atom stereocenters. The molecule has 2 amide bonds. The Kier molecular flexibility index (Phi) is 6.59. The molecule has 0 aromatic rings. The zero-order valence-electron chi connectivity index (χ0n) is 17.1. The molecule has 1 saturated heterocycles. The van der Waals surface area contributed by atoms with Gasteiger partial charge in [0.05, 0.1) is 30.1 Å². The predicted octanol–water partition coefficient (Wildman–Crippen LogP) is 1.40. The van der Waals surface area contributed by atoms with Crippen molar-refractivity contribution >= 4 is 17.6 Å². The number of nitriles is 1. The van der Waals surface area contributed by atoms with Gasteiger partial charge in [0.25, 0.3) is 5.91 Å². The van der Waals surface area contributed by atoms with E-state index in [1.807, 2.05) is 6.07 Å². The van der Waals surface area contributed by atoms with Gasteiger partial charge in [-0.2, -0.15) is 18.4 Å². The van der Waals surface area contributed by atoms with Crippen molar-refractivity contribution < 1.29 is 22.8 Å². The number of rotatable bonds is 8. The lowest BCUT2D eigenvalue weighted by Crippen LogP contribution is -2.53. The van der Waals surface area contributed by atoms with E-state index in [9.17, 15) is 28.0 Å². The first-order chi connectivity index (χ1) is 14.5. The summed E-state index contributed by atoms with van der Waals surface area (Å²) in [6.45, 7) is -0.754. The van der Waals surface area contributed by atoms with E-state index in [2.05, 4.69) is 10.6 Å². The van der Waals surface area contributed by atoms with Gasteiger partial charge in [-0.05, 0) is 43.9 Å². The highest BCUT2D eigenvalue weighted by molar-refractivity contribution is 6.22. The zero-order chi connectivity index (χ0) is 22.8. The maximum Gasteiger partial charge on any atom is 0.401 e. The van der Waals surface area contributed by atoms with E-state index < -0.39 is 30.0 Å². The number of primary amides is 1. The van der Waals surface area contributed by atoms with Gasteiger partial charge in [0.2, 0.25) is 5.91 Å². The molecular formula is C20H27F3N6O2. The number of carbonyl (C=O) groups excluding carboxylic acids is 2. The van der Waals surface area contributed by atoms with Crippen molar-refractivity contribution in [1.29, 1.82) is 10.7 Å². The highest BCUT2D eigenvalue weighted by Crippen LogP contribution is 2.54. The summed E-state index contributed by atoms with van der Waals surface area (Å²) < 4.78 is 37.9. The highest BCUT2D eigenvalue weighted by Gasteiger charge is 2.51. The summed E-state index contributed by atoms with van der Waals surface area (Å²) in [7, 11) is 0. The summed E-state index contributed by atoms with van der Waals surface area (Å²) in [5.41, 5.74) is 4.30. The maximum atomic E-state index is 12.6. The fraction of sp³-hybridized carbons (Fsp3) is 0.700. The largest absolute Gasteiger partial charge is 0.401 e. The van der Waals surface area contributed by atoms with Crippen LogP contribution in [-0.2, 0) is 9.59 Å². The van der Waals surface area contributed by atoms with Crippen molar-refractivity contribution in [3.05, 3.63) is 11.8 Å². The van der Waals surface area contributed by atoms with Crippen LogP contribution in [0.3, 0.4) is 0 Å². The Labute approximate surface area is 178 Å². The molecule has 1 heterocycles. The molecule has 3 rings (SSSR count). The fourth-order valence-corrected chi connectivity index (χ4v) is 4.25. The Morgan fingerprint density at radius 2 is 1.94 bits per heavy atom. The lowest BCUT2D eigenvalue weighted by molar-refractivity contribution is -0.149. The van der Waals surface area contributed by atoms with E-state index in [4.69, 9.17) is 11.1 Å². The molecule has 8 nitrogen and oxygen atoms in total. The Morgan fingerprint density at radius 3 is 2.45 bits per heavy atom. The molecular weight excluding hydrogens is 413 g/mol. The summed E-state index contributed by atoms with van der Waals surface area (Å²) in [6.07, 6.45) is 0.473. The van der Waals surface area contributed by atoms with Gasteiger partial charge in [-0.15, -0.1) is 0 Å². The molecule has 3 fully saturated rings. The molecule has 0 spiro atoms. The van der Waals surface area contributed by atoms with Crippen LogP contribution in [0.5, 0.6) is 0 Å². The maximum absolute atomic E-state index is 12.6. The molecule has 1 aliphatic heterocycles. The molecule has 3 aliphatic rings. The van der Waals surface area contributed by atoms with E-state index in [0.29, 0.717) is 11.8 Å². The quantitative estimate of drug-likeness (QED) is 0.257. The third-order valence-electron chi connectivity index (χ3n) is 6.34. The normalized spacial score (nSPS) is 25.9. The number of hydrogen-bond acceptors (Lipinski definition) is 6. The van der Waals surface area contributed by atoms with Crippen LogP contribution in [0.2, 0.25) is 0 Å². The molecule has 11 heteroatoms. The molecule has 31 heavy (non-hydrogen) atoms. The van der Waals surface area contributed by atoms with Gasteiger partial charge in [0, 0.05) is 25.2 Å². The molecule has 170 valence electrons. The first-order valence-corrected chi connectivity index (χ1v) is 10.4. The van der Waals surface area contributed by atoms with E-state index in [0.717, 1.165) is 19.3 Å². The Morgan fingerprint density at radius 1 is 1.29 bits per heavy atom. The number of nitrogens with one attached hydrogen (secondary N) is 3. The lowest BCUT2D eigenvalue weighted by Gasteiger charge is -2.41. The minimum atomic E-state index is -4.30. The minimum Gasteiger partial charge on any atom is -0.384 e. The molecule has 0 radical (unpaired) electrons. The predicted molar refractivity (Wildman–Crippen MR) is 105 cm³/mol. The third kappa shape index (κ3) is 6.19. The van der Waals surface area contributed by atoms with Gasteiger partial charge < -0.3 is 16.4 Å². The first-order valence-electron chi connectivity index (χ1n) is 10.4. The van der Waals surface area contributed by atoms with Crippen molar-refractivity contribution in [2.24, 2.45) is 23.5 Å². The van der Waals surface area contributed by atoms with Crippen LogP contribution in [0.4, 0.5) is 13.2 Å². The van der Waals surface area contributed by atoms with Crippen LogP contribution in [0.15, 0.2) is 11.8 Å². The van der Waals surface area contributed by atoms with Crippen LogP contribution in [0.1, 0.15) is 38.5 Å². The van der Waals surface area contributed by atoms with Crippen molar-refractivity contribution in [2.75, 3.05) is 19.6 Å². The first kappa shape index (κ1) is 23.1. The number of likely N-dealkylation sites (tertiary alicyclic amines) is 1. The molecule has 2 saturated carbocycles. The number of alkyl halides is 3. The monoisotopic (exact) mass is 440 g/mol. The van der Waals surface area contributed by atoms with Gasteiger partial charge in [-0.1, -0.05) is 0 Å². The van der Waals surface area contributed by atoms with Gasteiger partial charge in [0.1, 0.15) is 5.84 Å². The molecule has 0 aromatic heterocycles. The second kappa shape index (κ2) is 8.86. The van der Waals surface area contributed by atoms with Crippen LogP contribution in [-0.4, -0.2) is 53.9 Å². The summed E-state index contributed by atoms with van der Waals surface area (Å²) in [5, 5.41) is 22.7. The van der Waals surface area contributed by atoms with Crippen LogP contribution in [0, 0.1) is 34.5 Å². The second-order valence-corrected chi connectivity index (χ2v) is 8.78. The summed E-state index contributed by atoms with van der Waals surface area (Å²) >= 11 is 0. The van der Waals surface area contributed by atoms with Crippen molar-refractivity contribution in [1.82, 2.24) is 15.5 Å². The lowest BCUT2D eigenvalue weighted by atomic mass is 9.84. The number of nitrogens with two attached hydrogens (primary N) is 1. The smallest absolute Gasteiger partial charge is 0.384 e. The van der Waals surface area contributed by atoms with Crippen LogP contribution in [0.25, 0.3) is 0 Å². The number of carbonyl (C=O) groups is 2. The fourth-order valence-electron chi connectivity index (χ4n) is 4.25. The van der Waals surface area contributed by atoms with Crippen molar-refractivity contribution in [3.63, 3.8) is 0 Å². The van der Waals surface area contributed by atoms with Gasteiger partial charge in [0.15, 0.2) is 0 Å². The second-order valence-electron chi connectivity index (χ2n) is 8.78. The summed E-state index contributed by atoms with van der Waals surface area (Å²) in [4.78, 5) is 25.4. The standard InChI is InChI=1S/C20H27F3N6O2/c21-20(22,23)11-29-7-4-19(3-6-24,5-8-29)27-10-15(17(26)30)16(25)28-18(31)14-9-13(14)12-1-2-12/h10,12-14,27H,1-5,7-9,11H2,(H2,26,30)(H2,25,28,31)/b15-10+. The average Bonchev–Trinajstić information content (AvgIpc) is 3.54. The number of amides is 2. The van der Waals surface area contributed by atoms with Crippen LogP contribution < -0.4 is 16.4 Å². The van der Waals surface area contributed by atoms with Crippen molar-refractivity contribution in [3.8, 4) is 6.07 Å². The number of piperidine rings is 1. The zero-order valence-corrected chi connectivity index (χ0v) is 17.1. The number of nitrogens with zero attached hydrogens (tertiary/aromatic N) is 2. The molecule has 0 bridgehead atoms. The Balaban J connectivity index is 1.60. The third-order valence-corrected chi connectivity index (χ3v) is 6.34. The molecule has 5 N–H and O–H groups in total. The highest BCUT2D eigenvalue weighted by atomic mass is 19.4. The van der Waals surface area contributed by atoms with E-state index in [1.54, 1.807) is 0 Å². The van der Waals surface area contributed by atoms with E-state index >= 15 is 0 Å². The van der Waals surface area contributed by atoms with Gasteiger partial charge >= 0.3 is 6.18 Å². The van der Waals surface area contributed by atoms with E-state index in [-0.39, 0.29) is 49.8 Å². The number of amidine groups is 1. The van der Waals surface area contributed by atoms with E-state index in [1.165, 1.54) is 11.1 Å². The molecule has 2 aliphatic carbocycles. The SMILES string of the molecule is N#CCC1(N/C=C(\C(=N)NC(=O)C2CC2C2CC2)C(N)=O)CCN(CC(F)(F)F)CC1.